The molecule has 17 heavy (non-hydrogen) atoms. The van der Waals surface area contributed by atoms with E-state index in [0.717, 1.165) is 15.9 Å². The largest absolute Gasteiger partial charge is 0.497 e. The molecular formula is C12H10BrFN2O. The normalized spacial score (nSPS) is 10.1. The van der Waals surface area contributed by atoms with Gasteiger partial charge in [-0.25, -0.2) is 4.98 Å². The second-order valence-electron chi connectivity index (χ2n) is 3.34. The summed E-state index contributed by atoms with van der Waals surface area (Å²) >= 11 is 3.41. The first kappa shape index (κ1) is 11.9. The van der Waals surface area contributed by atoms with Gasteiger partial charge >= 0.3 is 0 Å². The number of anilines is 2. The van der Waals surface area contributed by atoms with Gasteiger partial charge < -0.3 is 10.1 Å². The van der Waals surface area contributed by atoms with Crippen LogP contribution in [0.15, 0.2) is 41.0 Å². The number of pyridine rings is 1. The summed E-state index contributed by atoms with van der Waals surface area (Å²) in [5.41, 5.74) is 1.43. The maximum Gasteiger partial charge on any atom is 0.214 e. The van der Waals surface area contributed by atoms with Gasteiger partial charge in [-0.05, 0) is 34.1 Å². The van der Waals surface area contributed by atoms with Crippen molar-refractivity contribution in [3.8, 4) is 5.75 Å². The molecule has 0 amide bonds. The molecule has 1 N–H and O–H groups in total. The first-order chi connectivity index (χ1) is 8.19. The van der Waals surface area contributed by atoms with Gasteiger partial charge in [0.1, 0.15) is 5.75 Å². The second-order valence-corrected chi connectivity index (χ2v) is 4.19. The van der Waals surface area contributed by atoms with Crippen molar-refractivity contribution >= 4 is 27.3 Å². The maximum atomic E-state index is 12.9. The number of halogens is 2. The maximum absolute atomic E-state index is 12.9. The molecule has 0 aliphatic rings. The molecule has 0 unspecified atom stereocenters. The van der Waals surface area contributed by atoms with Gasteiger partial charge in [-0.2, -0.15) is 4.39 Å². The third-order valence-corrected chi connectivity index (χ3v) is 2.87. The van der Waals surface area contributed by atoms with Crippen LogP contribution in [0.1, 0.15) is 0 Å². The fourth-order valence-electron chi connectivity index (χ4n) is 1.36. The Labute approximate surface area is 107 Å². The third-order valence-electron chi connectivity index (χ3n) is 2.18. The van der Waals surface area contributed by atoms with Crippen molar-refractivity contribution in [3.63, 3.8) is 0 Å². The van der Waals surface area contributed by atoms with Crippen molar-refractivity contribution in [2.45, 2.75) is 0 Å². The number of aromatic nitrogens is 1. The minimum absolute atomic E-state index is 0.519. The zero-order chi connectivity index (χ0) is 12.3. The van der Waals surface area contributed by atoms with E-state index < -0.39 is 5.95 Å². The van der Waals surface area contributed by atoms with E-state index in [1.165, 1.54) is 12.3 Å². The quantitative estimate of drug-likeness (QED) is 0.876. The Bertz CT molecular complexity index is 534. The molecule has 0 radical (unpaired) electrons. The average molecular weight is 297 g/mol. The van der Waals surface area contributed by atoms with E-state index in [1.54, 1.807) is 13.2 Å². The van der Waals surface area contributed by atoms with Gasteiger partial charge in [-0.3, -0.25) is 0 Å². The van der Waals surface area contributed by atoms with Crippen LogP contribution in [0.5, 0.6) is 5.75 Å². The molecular weight excluding hydrogens is 287 g/mol. The Hall–Kier alpha value is -1.62. The SMILES string of the molecule is COc1ccc(Br)c(Nc2ccnc(F)c2)c1. The van der Waals surface area contributed by atoms with Crippen LogP contribution < -0.4 is 10.1 Å². The van der Waals surface area contributed by atoms with Crippen LogP contribution in [0.25, 0.3) is 0 Å². The summed E-state index contributed by atoms with van der Waals surface area (Å²) in [5.74, 6) is 0.208. The molecule has 0 aliphatic carbocycles. The van der Waals surface area contributed by atoms with E-state index in [9.17, 15) is 4.39 Å². The highest BCUT2D eigenvalue weighted by Gasteiger charge is 2.03. The summed E-state index contributed by atoms with van der Waals surface area (Å²) in [6.45, 7) is 0. The standard InChI is InChI=1S/C12H10BrFN2O/c1-17-9-2-3-10(13)11(7-9)16-8-4-5-15-12(14)6-8/h2-7H,1H3,(H,15,16). The van der Waals surface area contributed by atoms with Crippen LogP contribution >= 0.6 is 15.9 Å². The lowest BCUT2D eigenvalue weighted by Crippen LogP contribution is -1.94. The minimum atomic E-state index is -0.519. The lowest BCUT2D eigenvalue weighted by molar-refractivity contribution is 0.415. The summed E-state index contributed by atoms with van der Waals surface area (Å²) in [6.07, 6.45) is 1.41. The molecule has 0 bridgehead atoms. The number of hydrogen-bond acceptors (Lipinski definition) is 3. The minimum Gasteiger partial charge on any atom is -0.497 e. The molecule has 1 heterocycles. The van der Waals surface area contributed by atoms with E-state index in [4.69, 9.17) is 4.74 Å². The van der Waals surface area contributed by atoms with Crippen LogP contribution in [-0.4, -0.2) is 12.1 Å². The van der Waals surface area contributed by atoms with E-state index in [0.29, 0.717) is 5.69 Å². The molecule has 0 spiro atoms. The number of rotatable bonds is 3. The number of benzene rings is 1. The summed E-state index contributed by atoms with van der Waals surface area (Å²) < 4.78 is 18.9. The van der Waals surface area contributed by atoms with Crippen molar-refractivity contribution in [2.75, 3.05) is 12.4 Å². The summed E-state index contributed by atoms with van der Waals surface area (Å²) in [6, 6.07) is 8.53. The van der Waals surface area contributed by atoms with Crippen molar-refractivity contribution in [3.05, 3.63) is 46.9 Å². The van der Waals surface area contributed by atoms with Crippen molar-refractivity contribution < 1.29 is 9.13 Å². The van der Waals surface area contributed by atoms with E-state index in [-0.39, 0.29) is 0 Å². The highest BCUT2D eigenvalue weighted by atomic mass is 79.9. The third kappa shape index (κ3) is 2.94. The van der Waals surface area contributed by atoms with Gasteiger partial charge in [-0.15, -0.1) is 0 Å². The molecule has 0 atom stereocenters. The van der Waals surface area contributed by atoms with Gasteiger partial charge in [0.05, 0.1) is 12.8 Å². The topological polar surface area (TPSA) is 34.1 Å². The Kier molecular flexibility index (Phi) is 3.58. The Morgan fingerprint density at radius 1 is 1.29 bits per heavy atom. The van der Waals surface area contributed by atoms with E-state index >= 15 is 0 Å². The Morgan fingerprint density at radius 2 is 2.12 bits per heavy atom. The van der Waals surface area contributed by atoms with E-state index in [2.05, 4.69) is 26.2 Å². The summed E-state index contributed by atoms with van der Waals surface area (Å²) in [5, 5.41) is 3.08. The van der Waals surface area contributed by atoms with Crippen LogP contribution in [0, 0.1) is 5.95 Å². The van der Waals surface area contributed by atoms with Crippen molar-refractivity contribution in [2.24, 2.45) is 0 Å². The average Bonchev–Trinajstić information content (AvgIpc) is 2.32. The molecule has 0 fully saturated rings. The second kappa shape index (κ2) is 5.14. The van der Waals surface area contributed by atoms with Crippen LogP contribution in [0.4, 0.5) is 15.8 Å². The Morgan fingerprint density at radius 3 is 2.82 bits per heavy atom. The molecule has 2 aromatic rings. The zero-order valence-corrected chi connectivity index (χ0v) is 10.7. The van der Waals surface area contributed by atoms with E-state index in [1.807, 2.05) is 18.2 Å². The lowest BCUT2D eigenvalue weighted by Gasteiger charge is -2.10. The fraction of sp³-hybridized carbons (Fsp3) is 0.0833. The fourth-order valence-corrected chi connectivity index (χ4v) is 1.71. The van der Waals surface area contributed by atoms with Crippen LogP contribution in [0.3, 0.4) is 0 Å². The first-order valence-corrected chi connectivity index (χ1v) is 5.70. The lowest BCUT2D eigenvalue weighted by atomic mass is 10.3. The van der Waals surface area contributed by atoms with Gasteiger partial charge in [0.2, 0.25) is 5.95 Å². The number of nitrogens with one attached hydrogen (secondary N) is 1. The highest BCUT2D eigenvalue weighted by Crippen LogP contribution is 2.29. The van der Waals surface area contributed by atoms with Crippen molar-refractivity contribution in [1.82, 2.24) is 4.98 Å². The Balaban J connectivity index is 2.29. The molecule has 3 nitrogen and oxygen atoms in total. The number of ether oxygens (including phenoxy) is 1. The number of nitrogens with zero attached hydrogens (tertiary/aromatic N) is 1. The number of hydrogen-bond donors (Lipinski definition) is 1. The van der Waals surface area contributed by atoms with Gasteiger partial charge in [0, 0.05) is 28.5 Å². The van der Waals surface area contributed by atoms with Gasteiger partial charge in [0.15, 0.2) is 0 Å². The highest BCUT2D eigenvalue weighted by molar-refractivity contribution is 9.10. The number of methoxy groups -OCH3 is 1. The predicted molar refractivity (Wildman–Crippen MR) is 68.2 cm³/mol. The molecule has 88 valence electrons. The van der Waals surface area contributed by atoms with Crippen molar-refractivity contribution in [1.29, 1.82) is 0 Å². The molecule has 1 aromatic heterocycles. The van der Waals surface area contributed by atoms with Crippen LogP contribution in [0.2, 0.25) is 0 Å². The van der Waals surface area contributed by atoms with Gasteiger partial charge in [-0.1, -0.05) is 0 Å². The summed E-state index contributed by atoms with van der Waals surface area (Å²) in [7, 11) is 1.60. The molecule has 0 aliphatic heterocycles. The zero-order valence-electron chi connectivity index (χ0n) is 9.08. The van der Waals surface area contributed by atoms with Crippen LogP contribution in [-0.2, 0) is 0 Å². The molecule has 1 aromatic carbocycles. The molecule has 0 saturated heterocycles. The smallest absolute Gasteiger partial charge is 0.214 e. The molecule has 2 rings (SSSR count). The predicted octanol–water partition coefficient (Wildman–Crippen LogP) is 3.74. The molecule has 0 saturated carbocycles. The summed E-state index contributed by atoms with van der Waals surface area (Å²) in [4.78, 5) is 3.49. The van der Waals surface area contributed by atoms with Gasteiger partial charge in [0.25, 0.3) is 0 Å². The first-order valence-electron chi connectivity index (χ1n) is 4.91. The molecule has 5 heteroatoms. The monoisotopic (exact) mass is 296 g/mol.